The number of para-hydroxylation sites is 1. The summed E-state index contributed by atoms with van der Waals surface area (Å²) in [4.78, 5) is 4.96. The summed E-state index contributed by atoms with van der Waals surface area (Å²) >= 11 is 1.59. The van der Waals surface area contributed by atoms with Gasteiger partial charge in [-0.1, -0.05) is 78.9 Å². The molecule has 0 amide bonds. The molecule has 0 atom stereocenters. The fourth-order valence-electron chi connectivity index (χ4n) is 4.40. The normalized spacial score (nSPS) is 10.9. The molecule has 1 aromatic heterocycles. The maximum absolute atomic E-state index is 10.4. The molecule has 3 nitrogen and oxygen atoms in total. The highest BCUT2D eigenvalue weighted by Gasteiger charge is 2.15. The Morgan fingerprint density at radius 1 is 0.611 bits per heavy atom. The van der Waals surface area contributed by atoms with Crippen molar-refractivity contribution in [2.24, 2.45) is 0 Å². The number of nitrogens with zero attached hydrogens (tertiary/aromatic N) is 2. The second kappa shape index (κ2) is 9.14. The zero-order valence-electron chi connectivity index (χ0n) is 19.2. The summed E-state index contributed by atoms with van der Waals surface area (Å²) < 4.78 is 1.07. The van der Waals surface area contributed by atoms with Crippen LogP contribution in [0, 0.1) is 11.3 Å². The molecule has 0 saturated heterocycles. The Balaban J connectivity index is 1.47. The molecule has 6 aromatic rings. The maximum Gasteiger partial charge on any atom is 0.128 e. The number of nitriles is 1. The Morgan fingerprint density at radius 3 is 1.89 bits per heavy atom. The van der Waals surface area contributed by atoms with Gasteiger partial charge in [0.1, 0.15) is 10.8 Å². The van der Waals surface area contributed by atoms with E-state index >= 15 is 0 Å². The van der Waals surface area contributed by atoms with Crippen molar-refractivity contribution in [3.63, 3.8) is 0 Å². The average molecular weight is 481 g/mol. The van der Waals surface area contributed by atoms with Crippen LogP contribution in [0.3, 0.4) is 0 Å². The third kappa shape index (κ3) is 4.02. The zero-order chi connectivity index (χ0) is 24.5. The van der Waals surface area contributed by atoms with Gasteiger partial charge in [0.15, 0.2) is 0 Å². The standard InChI is InChI=1S/C32H20N2OS/c33-20-21-10-12-22(13-11-21)23-14-16-24(17-15-23)26-18-28(25-6-2-1-3-7-25)31-30(19-26)36-32(34-31)27-8-4-5-9-29(27)35/h1-19,35H. The summed E-state index contributed by atoms with van der Waals surface area (Å²) in [5.74, 6) is 0.233. The predicted molar refractivity (Wildman–Crippen MR) is 148 cm³/mol. The van der Waals surface area contributed by atoms with Crippen LogP contribution < -0.4 is 0 Å². The lowest BCUT2D eigenvalue weighted by molar-refractivity contribution is 0.477. The van der Waals surface area contributed by atoms with Crippen LogP contribution in [0.1, 0.15) is 5.56 Å². The van der Waals surface area contributed by atoms with Gasteiger partial charge in [0.2, 0.25) is 0 Å². The minimum Gasteiger partial charge on any atom is -0.507 e. The SMILES string of the molecule is N#Cc1ccc(-c2ccc(-c3cc(-c4ccccc4)c4nc(-c5ccccc5O)sc4c3)cc2)cc1. The zero-order valence-corrected chi connectivity index (χ0v) is 20.0. The maximum atomic E-state index is 10.4. The summed E-state index contributed by atoms with van der Waals surface area (Å²) in [5.41, 5.74) is 8.91. The van der Waals surface area contributed by atoms with Gasteiger partial charge in [0, 0.05) is 5.56 Å². The molecule has 0 saturated carbocycles. The van der Waals surface area contributed by atoms with E-state index in [4.69, 9.17) is 10.2 Å². The lowest BCUT2D eigenvalue weighted by atomic mass is 9.96. The number of hydrogen-bond donors (Lipinski definition) is 1. The van der Waals surface area contributed by atoms with Crippen molar-refractivity contribution in [1.82, 2.24) is 4.98 Å². The van der Waals surface area contributed by atoms with Crippen molar-refractivity contribution < 1.29 is 5.11 Å². The van der Waals surface area contributed by atoms with E-state index in [-0.39, 0.29) is 5.75 Å². The first-order chi connectivity index (χ1) is 17.7. The number of rotatable bonds is 4. The van der Waals surface area contributed by atoms with E-state index in [9.17, 15) is 5.11 Å². The second-order valence-electron chi connectivity index (χ2n) is 8.54. The molecule has 170 valence electrons. The van der Waals surface area contributed by atoms with Crippen LogP contribution in [0.2, 0.25) is 0 Å². The van der Waals surface area contributed by atoms with Crippen LogP contribution in [0.5, 0.6) is 5.75 Å². The van der Waals surface area contributed by atoms with E-state index in [1.165, 1.54) is 0 Å². The van der Waals surface area contributed by atoms with Crippen LogP contribution in [-0.2, 0) is 0 Å². The van der Waals surface area contributed by atoms with Gasteiger partial charge < -0.3 is 5.11 Å². The molecule has 4 heteroatoms. The third-order valence-electron chi connectivity index (χ3n) is 6.28. The van der Waals surface area contributed by atoms with Crippen molar-refractivity contribution in [2.75, 3.05) is 0 Å². The summed E-state index contributed by atoms with van der Waals surface area (Å²) in [6.45, 7) is 0. The Labute approximate surface area is 213 Å². The van der Waals surface area contributed by atoms with Crippen LogP contribution in [-0.4, -0.2) is 10.1 Å². The minimum absolute atomic E-state index is 0.233. The Hall–Kier alpha value is -4.72. The van der Waals surface area contributed by atoms with Crippen LogP contribution >= 0.6 is 11.3 Å². The first-order valence-corrected chi connectivity index (χ1v) is 12.4. The first kappa shape index (κ1) is 21.8. The van der Waals surface area contributed by atoms with E-state index in [0.29, 0.717) is 5.56 Å². The molecule has 0 aliphatic heterocycles. The lowest BCUT2D eigenvalue weighted by Crippen LogP contribution is -1.85. The molecule has 0 bridgehead atoms. The summed E-state index contributed by atoms with van der Waals surface area (Å²) in [6.07, 6.45) is 0. The molecular formula is C32H20N2OS. The van der Waals surface area contributed by atoms with Gasteiger partial charge in [0.25, 0.3) is 0 Å². The van der Waals surface area contributed by atoms with E-state index in [0.717, 1.165) is 54.2 Å². The molecule has 5 aromatic carbocycles. The van der Waals surface area contributed by atoms with Gasteiger partial charge in [0.05, 0.1) is 27.4 Å². The molecular weight excluding hydrogens is 460 g/mol. The second-order valence-corrected chi connectivity index (χ2v) is 9.57. The Morgan fingerprint density at radius 2 is 1.22 bits per heavy atom. The average Bonchev–Trinajstić information content (AvgIpc) is 3.37. The lowest BCUT2D eigenvalue weighted by Gasteiger charge is -2.09. The van der Waals surface area contributed by atoms with Crippen LogP contribution in [0.15, 0.2) is 115 Å². The van der Waals surface area contributed by atoms with Gasteiger partial charge in [-0.3, -0.25) is 0 Å². The van der Waals surface area contributed by atoms with Crippen molar-refractivity contribution in [2.45, 2.75) is 0 Å². The van der Waals surface area contributed by atoms with Crippen LogP contribution in [0.4, 0.5) is 0 Å². The highest BCUT2D eigenvalue weighted by Crippen LogP contribution is 2.41. The number of phenols is 1. The predicted octanol–water partition coefficient (Wildman–Crippen LogP) is 8.54. The topological polar surface area (TPSA) is 56.9 Å². The van der Waals surface area contributed by atoms with Gasteiger partial charge in [-0.25, -0.2) is 4.98 Å². The smallest absolute Gasteiger partial charge is 0.128 e. The van der Waals surface area contributed by atoms with E-state index in [2.05, 4.69) is 54.6 Å². The van der Waals surface area contributed by atoms with E-state index in [1.54, 1.807) is 17.4 Å². The summed E-state index contributed by atoms with van der Waals surface area (Å²) in [5, 5.41) is 20.3. The molecule has 0 unspecified atom stereocenters. The van der Waals surface area contributed by atoms with Gasteiger partial charge in [-0.15, -0.1) is 11.3 Å². The van der Waals surface area contributed by atoms with Crippen molar-refractivity contribution >= 4 is 21.6 Å². The van der Waals surface area contributed by atoms with Crippen molar-refractivity contribution in [3.05, 3.63) is 121 Å². The fraction of sp³-hybridized carbons (Fsp3) is 0. The Bertz CT molecular complexity index is 1730. The highest BCUT2D eigenvalue weighted by molar-refractivity contribution is 7.21. The van der Waals surface area contributed by atoms with E-state index in [1.807, 2.05) is 60.7 Å². The quantitative estimate of drug-likeness (QED) is 0.275. The molecule has 0 spiro atoms. The van der Waals surface area contributed by atoms with E-state index < -0.39 is 0 Å². The molecule has 0 aliphatic rings. The molecule has 1 N–H and O–H groups in total. The molecule has 1 heterocycles. The molecule has 0 fully saturated rings. The van der Waals surface area contributed by atoms with Crippen molar-refractivity contribution in [1.29, 1.82) is 5.26 Å². The molecule has 0 aliphatic carbocycles. The first-order valence-electron chi connectivity index (χ1n) is 11.6. The number of benzene rings is 5. The number of fused-ring (bicyclic) bond motifs is 1. The number of thiazole rings is 1. The van der Waals surface area contributed by atoms with Gasteiger partial charge in [-0.05, 0) is 64.2 Å². The largest absolute Gasteiger partial charge is 0.507 e. The number of phenolic OH excluding ortho intramolecular Hbond substituents is 1. The number of aromatic hydroxyl groups is 1. The summed E-state index contributed by atoms with van der Waals surface area (Å²) in [7, 11) is 0. The van der Waals surface area contributed by atoms with Crippen molar-refractivity contribution in [3.8, 4) is 55.8 Å². The highest BCUT2D eigenvalue weighted by atomic mass is 32.1. The molecule has 0 radical (unpaired) electrons. The van der Waals surface area contributed by atoms with Gasteiger partial charge >= 0.3 is 0 Å². The summed E-state index contributed by atoms with van der Waals surface area (Å²) in [6, 6.07) is 40.3. The molecule has 36 heavy (non-hydrogen) atoms. The Kier molecular flexibility index (Phi) is 5.53. The third-order valence-corrected chi connectivity index (χ3v) is 7.32. The number of hydrogen-bond acceptors (Lipinski definition) is 4. The fourth-order valence-corrected chi connectivity index (χ4v) is 5.46. The monoisotopic (exact) mass is 480 g/mol. The minimum atomic E-state index is 0.233. The molecule has 6 rings (SSSR count). The van der Waals surface area contributed by atoms with Gasteiger partial charge in [-0.2, -0.15) is 5.26 Å². The van der Waals surface area contributed by atoms with Crippen LogP contribution in [0.25, 0.3) is 54.2 Å². The number of aromatic nitrogens is 1.